The Morgan fingerprint density at radius 1 is 1.06 bits per heavy atom. The molecule has 164 valence electrons. The SMILES string of the molecule is COc1ccc(CCNC(=O)COC(=O)c2oc3ccccc3c2COC(C)C)cc1. The number of benzene rings is 2. The van der Waals surface area contributed by atoms with Crippen molar-refractivity contribution >= 4 is 22.8 Å². The van der Waals surface area contributed by atoms with Crippen molar-refractivity contribution in [1.82, 2.24) is 5.32 Å². The molecular formula is C24H27NO6. The highest BCUT2D eigenvalue weighted by Gasteiger charge is 2.23. The largest absolute Gasteiger partial charge is 0.497 e. The fourth-order valence-corrected chi connectivity index (χ4v) is 3.04. The van der Waals surface area contributed by atoms with Crippen LogP contribution < -0.4 is 10.1 Å². The number of hydrogen-bond donors (Lipinski definition) is 1. The minimum atomic E-state index is -0.691. The molecule has 3 rings (SSSR count). The first-order valence-corrected chi connectivity index (χ1v) is 10.2. The Bertz CT molecular complexity index is 1020. The van der Waals surface area contributed by atoms with Gasteiger partial charge in [-0.2, -0.15) is 0 Å². The first kappa shape index (κ1) is 22.4. The van der Waals surface area contributed by atoms with E-state index in [1.165, 1.54) is 0 Å². The summed E-state index contributed by atoms with van der Waals surface area (Å²) < 4.78 is 21.7. The highest BCUT2D eigenvalue weighted by atomic mass is 16.5. The van der Waals surface area contributed by atoms with Crippen LogP contribution in [0, 0.1) is 0 Å². The molecule has 7 nitrogen and oxygen atoms in total. The number of rotatable bonds is 10. The zero-order valence-electron chi connectivity index (χ0n) is 18.0. The van der Waals surface area contributed by atoms with E-state index >= 15 is 0 Å². The Morgan fingerprint density at radius 2 is 1.81 bits per heavy atom. The number of carbonyl (C=O) groups excluding carboxylic acids is 2. The Hall–Kier alpha value is -3.32. The topological polar surface area (TPSA) is 87.0 Å². The van der Waals surface area contributed by atoms with E-state index in [4.69, 9.17) is 18.6 Å². The Balaban J connectivity index is 1.54. The summed E-state index contributed by atoms with van der Waals surface area (Å²) in [5, 5.41) is 3.54. The highest BCUT2D eigenvalue weighted by Crippen LogP contribution is 2.27. The highest BCUT2D eigenvalue weighted by molar-refractivity contribution is 5.96. The summed E-state index contributed by atoms with van der Waals surface area (Å²) in [5.74, 6) is -0.224. The summed E-state index contributed by atoms with van der Waals surface area (Å²) in [6, 6.07) is 14.9. The lowest BCUT2D eigenvalue weighted by molar-refractivity contribution is -0.124. The van der Waals surface area contributed by atoms with Gasteiger partial charge >= 0.3 is 5.97 Å². The third kappa shape index (κ3) is 6.08. The molecule has 7 heteroatoms. The average Bonchev–Trinajstić information content (AvgIpc) is 3.15. The second-order valence-corrected chi connectivity index (χ2v) is 7.29. The van der Waals surface area contributed by atoms with Crippen LogP contribution in [-0.2, 0) is 27.3 Å². The summed E-state index contributed by atoms with van der Waals surface area (Å²) in [7, 11) is 1.61. The summed E-state index contributed by atoms with van der Waals surface area (Å²) in [5.41, 5.74) is 2.25. The van der Waals surface area contributed by atoms with Gasteiger partial charge in [-0.1, -0.05) is 30.3 Å². The number of nitrogens with one attached hydrogen (secondary N) is 1. The molecule has 1 N–H and O–H groups in total. The van der Waals surface area contributed by atoms with E-state index in [2.05, 4.69) is 5.32 Å². The minimum absolute atomic E-state index is 0.00554. The Labute approximate surface area is 181 Å². The number of fused-ring (bicyclic) bond motifs is 1. The molecular weight excluding hydrogens is 398 g/mol. The van der Waals surface area contributed by atoms with Crippen LogP contribution in [0.5, 0.6) is 5.75 Å². The van der Waals surface area contributed by atoms with Crippen molar-refractivity contribution < 1.29 is 28.2 Å². The van der Waals surface area contributed by atoms with Crippen LogP contribution in [0.1, 0.15) is 35.5 Å². The predicted molar refractivity (Wildman–Crippen MR) is 116 cm³/mol. The van der Waals surface area contributed by atoms with E-state index in [0.29, 0.717) is 24.1 Å². The lowest BCUT2D eigenvalue weighted by Gasteiger charge is -2.09. The van der Waals surface area contributed by atoms with Crippen molar-refractivity contribution in [3.63, 3.8) is 0 Å². The molecule has 0 saturated carbocycles. The zero-order valence-corrected chi connectivity index (χ0v) is 18.0. The van der Waals surface area contributed by atoms with Crippen LogP contribution in [0.3, 0.4) is 0 Å². The molecule has 0 aliphatic carbocycles. The number of hydrogen-bond acceptors (Lipinski definition) is 6. The third-order valence-corrected chi connectivity index (χ3v) is 4.67. The zero-order chi connectivity index (χ0) is 22.2. The number of furan rings is 1. The molecule has 0 aliphatic rings. The van der Waals surface area contributed by atoms with Crippen LogP contribution in [-0.4, -0.2) is 38.2 Å². The maximum Gasteiger partial charge on any atom is 0.375 e. The molecule has 1 heterocycles. The van der Waals surface area contributed by atoms with E-state index in [0.717, 1.165) is 16.7 Å². The van der Waals surface area contributed by atoms with E-state index in [1.807, 2.05) is 56.3 Å². The molecule has 0 radical (unpaired) electrons. The van der Waals surface area contributed by atoms with Gasteiger partial charge in [-0.05, 0) is 44.0 Å². The van der Waals surface area contributed by atoms with Crippen molar-refractivity contribution in [3.8, 4) is 5.75 Å². The number of para-hydroxylation sites is 1. The van der Waals surface area contributed by atoms with Gasteiger partial charge in [0.2, 0.25) is 5.76 Å². The van der Waals surface area contributed by atoms with Crippen molar-refractivity contribution in [3.05, 3.63) is 65.4 Å². The van der Waals surface area contributed by atoms with Gasteiger partial charge in [-0.25, -0.2) is 4.79 Å². The van der Waals surface area contributed by atoms with E-state index in [-0.39, 0.29) is 31.0 Å². The standard InChI is InChI=1S/C24H27NO6/c1-16(2)29-14-20-19-6-4-5-7-21(19)31-23(20)24(27)30-15-22(26)25-13-12-17-8-10-18(28-3)11-9-17/h4-11,16H,12-15H2,1-3H3,(H,25,26). The molecule has 0 unspecified atom stereocenters. The minimum Gasteiger partial charge on any atom is -0.497 e. The molecule has 31 heavy (non-hydrogen) atoms. The number of esters is 1. The monoisotopic (exact) mass is 425 g/mol. The lowest BCUT2D eigenvalue weighted by atomic mass is 10.1. The van der Waals surface area contributed by atoms with Gasteiger partial charge in [-0.15, -0.1) is 0 Å². The summed E-state index contributed by atoms with van der Waals surface area (Å²) in [4.78, 5) is 24.7. The van der Waals surface area contributed by atoms with E-state index in [9.17, 15) is 9.59 Å². The molecule has 0 atom stereocenters. The summed E-state index contributed by atoms with van der Waals surface area (Å²) in [6.07, 6.45) is 0.651. The molecule has 3 aromatic rings. The normalized spacial score (nSPS) is 11.0. The van der Waals surface area contributed by atoms with Gasteiger partial charge in [0.05, 0.1) is 19.8 Å². The maximum atomic E-state index is 12.6. The molecule has 2 aromatic carbocycles. The van der Waals surface area contributed by atoms with Crippen LogP contribution in [0.25, 0.3) is 11.0 Å². The van der Waals surface area contributed by atoms with Crippen molar-refractivity contribution in [1.29, 1.82) is 0 Å². The quantitative estimate of drug-likeness (QED) is 0.496. The van der Waals surface area contributed by atoms with Gasteiger partial charge in [-0.3, -0.25) is 4.79 Å². The molecule has 1 amide bonds. The smallest absolute Gasteiger partial charge is 0.375 e. The van der Waals surface area contributed by atoms with E-state index in [1.54, 1.807) is 13.2 Å². The average molecular weight is 425 g/mol. The molecule has 0 aliphatic heterocycles. The van der Waals surface area contributed by atoms with Crippen molar-refractivity contribution in [2.24, 2.45) is 0 Å². The lowest BCUT2D eigenvalue weighted by Crippen LogP contribution is -2.30. The summed E-state index contributed by atoms with van der Waals surface area (Å²) in [6.45, 7) is 4.09. The fourth-order valence-electron chi connectivity index (χ4n) is 3.04. The van der Waals surface area contributed by atoms with Crippen LogP contribution >= 0.6 is 0 Å². The van der Waals surface area contributed by atoms with Crippen LogP contribution in [0.4, 0.5) is 0 Å². The predicted octanol–water partition coefficient (Wildman–Crippen LogP) is 3.88. The third-order valence-electron chi connectivity index (χ3n) is 4.67. The number of amides is 1. The van der Waals surface area contributed by atoms with Gasteiger partial charge in [0, 0.05) is 17.5 Å². The van der Waals surface area contributed by atoms with Gasteiger partial charge in [0.15, 0.2) is 6.61 Å². The molecule has 0 bridgehead atoms. The van der Waals surface area contributed by atoms with Gasteiger partial charge < -0.3 is 23.9 Å². The molecule has 0 fully saturated rings. The molecule has 1 aromatic heterocycles. The number of ether oxygens (including phenoxy) is 3. The number of methoxy groups -OCH3 is 1. The second kappa shape index (κ2) is 10.6. The van der Waals surface area contributed by atoms with Crippen molar-refractivity contribution in [2.75, 3.05) is 20.3 Å². The van der Waals surface area contributed by atoms with Crippen LogP contribution in [0.15, 0.2) is 52.9 Å². The number of carbonyl (C=O) groups is 2. The molecule has 0 saturated heterocycles. The maximum absolute atomic E-state index is 12.6. The fraction of sp³-hybridized carbons (Fsp3) is 0.333. The van der Waals surface area contributed by atoms with Crippen LogP contribution in [0.2, 0.25) is 0 Å². The second-order valence-electron chi connectivity index (χ2n) is 7.29. The van der Waals surface area contributed by atoms with Gasteiger partial charge in [0.25, 0.3) is 5.91 Å². The Morgan fingerprint density at radius 3 is 2.52 bits per heavy atom. The first-order chi connectivity index (χ1) is 15.0. The Kier molecular flexibility index (Phi) is 7.67. The summed E-state index contributed by atoms with van der Waals surface area (Å²) >= 11 is 0. The van der Waals surface area contributed by atoms with Crippen molar-refractivity contribution in [2.45, 2.75) is 33.0 Å². The first-order valence-electron chi connectivity index (χ1n) is 10.2. The van der Waals surface area contributed by atoms with Gasteiger partial charge in [0.1, 0.15) is 11.3 Å². The molecule has 0 spiro atoms. The van der Waals surface area contributed by atoms with E-state index < -0.39 is 5.97 Å².